The van der Waals surface area contributed by atoms with Crippen LogP contribution in [0.3, 0.4) is 0 Å². The summed E-state index contributed by atoms with van der Waals surface area (Å²) >= 11 is 8.06. The predicted octanol–water partition coefficient (Wildman–Crippen LogP) is 5.11. The molecule has 0 N–H and O–H groups in total. The minimum absolute atomic E-state index is 0.120. The van der Waals surface area contributed by atoms with Gasteiger partial charge in [0.1, 0.15) is 5.82 Å². The molecule has 2 rings (SSSR count). The Kier molecular flexibility index (Phi) is 5.17. The van der Waals surface area contributed by atoms with Gasteiger partial charge < -0.3 is 4.57 Å². The Morgan fingerprint density at radius 2 is 2.00 bits per heavy atom. The van der Waals surface area contributed by atoms with Crippen LogP contribution in [0, 0.1) is 3.57 Å². The molecule has 0 atom stereocenters. The van der Waals surface area contributed by atoms with E-state index in [1.54, 1.807) is 0 Å². The molecule has 2 nitrogen and oxygen atoms in total. The second-order valence-electron chi connectivity index (χ2n) is 4.52. The van der Waals surface area contributed by atoms with Crippen molar-refractivity contribution in [1.29, 1.82) is 0 Å². The minimum atomic E-state index is -4.08. The van der Waals surface area contributed by atoms with Crippen LogP contribution in [0.15, 0.2) is 18.2 Å². The highest BCUT2D eigenvalue weighted by Crippen LogP contribution is 2.24. The summed E-state index contributed by atoms with van der Waals surface area (Å²) in [5, 5.41) is 0. The smallest absolute Gasteiger partial charge is 0.327 e. The maximum atomic E-state index is 12.1. The molecule has 110 valence electrons. The number of aryl methyl sites for hydroxylation is 1. The molecule has 7 heteroatoms. The van der Waals surface area contributed by atoms with Crippen molar-refractivity contribution in [3.05, 3.63) is 27.6 Å². The molecule has 0 saturated carbocycles. The van der Waals surface area contributed by atoms with Gasteiger partial charge in [-0.1, -0.05) is 0 Å². The molecule has 0 amide bonds. The summed E-state index contributed by atoms with van der Waals surface area (Å²) in [7, 11) is 0. The SMILES string of the molecule is FC(F)(F)CCCCn1c(CCl)nc2cc(I)ccc21. The molecule has 0 fully saturated rings. The Bertz CT molecular complexity index is 595. The summed E-state index contributed by atoms with van der Waals surface area (Å²) in [6.45, 7) is 0.509. The standard InChI is InChI=1S/C13H13ClF3IN2/c14-8-12-19-10-7-9(18)3-4-11(10)20(12)6-2-1-5-13(15,16)17/h3-4,7H,1-2,5-6,8H2. The van der Waals surface area contributed by atoms with Crippen molar-refractivity contribution in [2.45, 2.75) is 37.9 Å². The van der Waals surface area contributed by atoms with Crippen LogP contribution in [-0.4, -0.2) is 15.7 Å². The summed E-state index contributed by atoms with van der Waals surface area (Å²) in [5.41, 5.74) is 1.76. The van der Waals surface area contributed by atoms with E-state index in [1.165, 1.54) is 0 Å². The maximum absolute atomic E-state index is 12.1. The molecule has 1 aromatic carbocycles. The third-order valence-corrected chi connectivity index (χ3v) is 3.91. The van der Waals surface area contributed by atoms with Crippen molar-refractivity contribution in [2.75, 3.05) is 0 Å². The van der Waals surface area contributed by atoms with Crippen molar-refractivity contribution >= 4 is 45.2 Å². The molecular weight excluding hydrogens is 404 g/mol. The van der Waals surface area contributed by atoms with Crippen LogP contribution in [0.1, 0.15) is 25.1 Å². The second-order valence-corrected chi connectivity index (χ2v) is 6.03. The third kappa shape index (κ3) is 4.00. The highest BCUT2D eigenvalue weighted by Gasteiger charge is 2.25. The summed E-state index contributed by atoms with van der Waals surface area (Å²) in [4.78, 5) is 4.42. The first-order valence-electron chi connectivity index (χ1n) is 6.18. The first-order chi connectivity index (χ1) is 9.40. The van der Waals surface area contributed by atoms with Gasteiger partial charge in [0.15, 0.2) is 0 Å². The largest absolute Gasteiger partial charge is 0.389 e. The first kappa shape index (κ1) is 15.9. The van der Waals surface area contributed by atoms with E-state index in [1.807, 2.05) is 22.8 Å². The van der Waals surface area contributed by atoms with Gasteiger partial charge in [-0.15, -0.1) is 11.6 Å². The van der Waals surface area contributed by atoms with E-state index in [-0.39, 0.29) is 12.3 Å². The van der Waals surface area contributed by atoms with Crippen LogP contribution in [0.5, 0.6) is 0 Å². The Balaban J connectivity index is 2.12. The summed E-state index contributed by atoms with van der Waals surface area (Å²) in [6, 6.07) is 5.83. The molecule has 2 aromatic rings. The third-order valence-electron chi connectivity index (χ3n) is 3.00. The Labute approximate surface area is 133 Å². The van der Waals surface area contributed by atoms with Gasteiger partial charge in [-0.2, -0.15) is 13.2 Å². The number of aromatic nitrogens is 2. The number of benzene rings is 1. The van der Waals surface area contributed by atoms with E-state index in [4.69, 9.17) is 11.6 Å². The van der Waals surface area contributed by atoms with Crippen LogP contribution in [0.4, 0.5) is 13.2 Å². The van der Waals surface area contributed by atoms with Crippen molar-refractivity contribution in [3.8, 4) is 0 Å². The van der Waals surface area contributed by atoms with E-state index in [0.717, 1.165) is 14.6 Å². The summed E-state index contributed by atoms with van der Waals surface area (Å²) < 4.78 is 39.3. The molecule has 0 aliphatic rings. The highest BCUT2D eigenvalue weighted by molar-refractivity contribution is 14.1. The van der Waals surface area contributed by atoms with E-state index >= 15 is 0 Å². The van der Waals surface area contributed by atoms with Crippen LogP contribution >= 0.6 is 34.2 Å². The van der Waals surface area contributed by atoms with Crippen molar-refractivity contribution in [3.63, 3.8) is 0 Å². The number of imidazole rings is 1. The topological polar surface area (TPSA) is 17.8 Å². The highest BCUT2D eigenvalue weighted by atomic mass is 127. The second kappa shape index (κ2) is 6.51. The van der Waals surface area contributed by atoms with Crippen molar-refractivity contribution < 1.29 is 13.2 Å². The van der Waals surface area contributed by atoms with Gasteiger partial charge in [-0.05, 0) is 53.6 Å². The number of hydrogen-bond donors (Lipinski definition) is 0. The van der Waals surface area contributed by atoms with Crippen molar-refractivity contribution in [1.82, 2.24) is 9.55 Å². The van der Waals surface area contributed by atoms with Crippen LogP contribution in [-0.2, 0) is 12.4 Å². The molecular formula is C13H13ClF3IN2. The van der Waals surface area contributed by atoms with E-state index in [2.05, 4.69) is 27.6 Å². The number of rotatable bonds is 5. The number of hydrogen-bond acceptors (Lipinski definition) is 1. The molecule has 1 aromatic heterocycles. The summed E-state index contributed by atoms with van der Waals surface area (Å²) in [5.74, 6) is 0.959. The fourth-order valence-corrected chi connectivity index (χ4v) is 2.78. The van der Waals surface area contributed by atoms with Gasteiger partial charge in [0, 0.05) is 16.5 Å². The van der Waals surface area contributed by atoms with Gasteiger partial charge in [0.25, 0.3) is 0 Å². The molecule has 20 heavy (non-hydrogen) atoms. The van der Waals surface area contributed by atoms with Crippen LogP contribution < -0.4 is 0 Å². The number of nitrogens with zero attached hydrogens (tertiary/aromatic N) is 2. The van der Waals surface area contributed by atoms with Crippen LogP contribution in [0.2, 0.25) is 0 Å². The Morgan fingerprint density at radius 1 is 1.25 bits per heavy atom. The zero-order valence-corrected chi connectivity index (χ0v) is 13.5. The lowest BCUT2D eigenvalue weighted by Crippen LogP contribution is -2.08. The fraction of sp³-hybridized carbons (Fsp3) is 0.462. The average molecular weight is 417 g/mol. The number of fused-ring (bicyclic) bond motifs is 1. The van der Waals surface area contributed by atoms with Gasteiger partial charge in [-0.3, -0.25) is 0 Å². The fourth-order valence-electron chi connectivity index (χ4n) is 2.10. The number of unbranched alkanes of at least 4 members (excludes halogenated alkanes) is 1. The number of halogens is 5. The maximum Gasteiger partial charge on any atom is 0.389 e. The zero-order chi connectivity index (χ0) is 14.8. The molecule has 1 heterocycles. The van der Waals surface area contributed by atoms with Gasteiger partial charge in [-0.25, -0.2) is 4.98 Å². The lowest BCUT2D eigenvalue weighted by Gasteiger charge is -2.09. The number of alkyl halides is 4. The molecule has 0 bridgehead atoms. The van der Waals surface area contributed by atoms with E-state index in [0.29, 0.717) is 18.8 Å². The lowest BCUT2D eigenvalue weighted by molar-refractivity contribution is -0.135. The van der Waals surface area contributed by atoms with E-state index in [9.17, 15) is 13.2 Å². The predicted molar refractivity (Wildman–Crippen MR) is 81.9 cm³/mol. The quantitative estimate of drug-likeness (QED) is 0.376. The van der Waals surface area contributed by atoms with Gasteiger partial charge >= 0.3 is 6.18 Å². The Morgan fingerprint density at radius 3 is 2.65 bits per heavy atom. The first-order valence-corrected chi connectivity index (χ1v) is 7.79. The molecule has 0 unspecified atom stereocenters. The lowest BCUT2D eigenvalue weighted by atomic mass is 10.2. The summed E-state index contributed by atoms with van der Waals surface area (Å²) in [6.07, 6.45) is -4.24. The zero-order valence-electron chi connectivity index (χ0n) is 10.6. The minimum Gasteiger partial charge on any atom is -0.327 e. The van der Waals surface area contributed by atoms with Gasteiger partial charge in [0.2, 0.25) is 0 Å². The molecule has 0 aliphatic heterocycles. The Hall–Kier alpha value is -0.500. The van der Waals surface area contributed by atoms with Crippen molar-refractivity contribution in [2.24, 2.45) is 0 Å². The average Bonchev–Trinajstić information content (AvgIpc) is 2.70. The van der Waals surface area contributed by atoms with E-state index < -0.39 is 12.6 Å². The normalized spacial score (nSPS) is 12.2. The van der Waals surface area contributed by atoms with Gasteiger partial charge in [0.05, 0.1) is 16.9 Å². The molecule has 0 aliphatic carbocycles. The van der Waals surface area contributed by atoms with Crippen LogP contribution in [0.25, 0.3) is 11.0 Å². The molecule has 0 saturated heterocycles. The molecule has 0 radical (unpaired) electrons. The molecule has 0 spiro atoms. The monoisotopic (exact) mass is 416 g/mol.